The Bertz CT molecular complexity index is 596. The van der Waals surface area contributed by atoms with E-state index in [1.165, 1.54) is 0 Å². The molecule has 0 aliphatic rings. The van der Waals surface area contributed by atoms with Crippen LogP contribution in [-0.2, 0) is 47.5 Å². The highest BCUT2D eigenvalue weighted by Gasteiger charge is 2.35. The zero-order valence-electron chi connectivity index (χ0n) is 22.5. The molecule has 12 nitrogen and oxygen atoms in total. The van der Waals surface area contributed by atoms with Gasteiger partial charge in [0.1, 0.15) is 11.1 Å². The Kier molecular flexibility index (Phi) is 17.5. The third-order valence-corrected chi connectivity index (χ3v) is 4.17. The summed E-state index contributed by atoms with van der Waals surface area (Å²) in [5.41, 5.74) is -2.02. The van der Waals surface area contributed by atoms with Gasteiger partial charge >= 0.3 is 24.0 Å². The summed E-state index contributed by atoms with van der Waals surface area (Å²) in [5.74, 6) is -1.25. The van der Waals surface area contributed by atoms with Crippen LogP contribution in [0.4, 0.5) is 4.79 Å². The smallest absolute Gasteiger partial charge is 0.408 e. The van der Waals surface area contributed by atoms with E-state index in [0.717, 1.165) is 0 Å². The molecule has 0 aromatic rings. The number of ether oxygens (including phenoxy) is 7. The molecule has 0 atom stereocenters. The van der Waals surface area contributed by atoms with Gasteiger partial charge < -0.3 is 38.5 Å². The Morgan fingerprint density at radius 3 is 1.22 bits per heavy atom. The monoisotopic (exact) mass is 521 g/mol. The van der Waals surface area contributed by atoms with E-state index < -0.39 is 35.1 Å². The maximum absolute atomic E-state index is 12.6. The van der Waals surface area contributed by atoms with Gasteiger partial charge in [-0.1, -0.05) is 0 Å². The number of carbonyl (C=O) groups excluding carboxylic acids is 4. The minimum Gasteiger partial charge on any atom is -0.466 e. The van der Waals surface area contributed by atoms with Crippen LogP contribution < -0.4 is 5.32 Å². The number of hydrogen-bond acceptors (Lipinski definition) is 11. The van der Waals surface area contributed by atoms with Gasteiger partial charge in [-0.2, -0.15) is 0 Å². The molecule has 0 saturated carbocycles. The fourth-order valence-electron chi connectivity index (χ4n) is 2.72. The van der Waals surface area contributed by atoms with Crippen LogP contribution in [0.5, 0.6) is 0 Å². The van der Waals surface area contributed by atoms with Crippen LogP contribution in [0, 0.1) is 0 Å². The molecule has 210 valence electrons. The first-order chi connectivity index (χ1) is 17.0. The first-order valence-electron chi connectivity index (χ1n) is 12.2. The summed E-state index contributed by atoms with van der Waals surface area (Å²) < 4.78 is 37.1. The molecule has 12 heteroatoms. The van der Waals surface area contributed by atoms with Gasteiger partial charge in [-0.3, -0.25) is 14.4 Å². The summed E-state index contributed by atoms with van der Waals surface area (Å²) in [7, 11) is 0. The van der Waals surface area contributed by atoms with Gasteiger partial charge in [0.2, 0.25) is 0 Å². The van der Waals surface area contributed by atoms with Crippen LogP contribution in [0.3, 0.4) is 0 Å². The first-order valence-corrected chi connectivity index (χ1v) is 12.2. The molecule has 0 aromatic carbocycles. The predicted molar refractivity (Wildman–Crippen MR) is 128 cm³/mol. The minimum absolute atomic E-state index is 0.0176. The fourth-order valence-corrected chi connectivity index (χ4v) is 2.72. The Labute approximate surface area is 213 Å². The van der Waals surface area contributed by atoms with E-state index in [2.05, 4.69) is 5.32 Å². The second-order valence-electron chi connectivity index (χ2n) is 8.73. The first kappa shape index (κ1) is 33.6. The third kappa shape index (κ3) is 17.9. The Hall–Kier alpha value is -2.44. The van der Waals surface area contributed by atoms with Crippen molar-refractivity contribution in [3.8, 4) is 0 Å². The van der Waals surface area contributed by atoms with Gasteiger partial charge in [-0.25, -0.2) is 4.79 Å². The van der Waals surface area contributed by atoms with Gasteiger partial charge in [-0.05, 0) is 41.5 Å². The molecule has 0 rings (SSSR count). The summed E-state index contributed by atoms with van der Waals surface area (Å²) in [5, 5.41) is 2.74. The zero-order valence-corrected chi connectivity index (χ0v) is 22.5. The second-order valence-corrected chi connectivity index (χ2v) is 8.73. The molecular weight excluding hydrogens is 478 g/mol. The Balaban J connectivity index is 5.37. The molecule has 0 unspecified atom stereocenters. The molecular formula is C24H43NO11. The maximum atomic E-state index is 12.6. The number of hydrogen-bond donors (Lipinski definition) is 1. The lowest BCUT2D eigenvalue weighted by Gasteiger charge is -2.34. The molecule has 1 amide bonds. The van der Waals surface area contributed by atoms with E-state index in [-0.39, 0.29) is 78.7 Å². The van der Waals surface area contributed by atoms with E-state index in [4.69, 9.17) is 33.2 Å². The van der Waals surface area contributed by atoms with E-state index in [0.29, 0.717) is 0 Å². The average molecular weight is 522 g/mol. The SMILES string of the molecule is CCOC(=O)CCOCC(COCCC(=O)OCC)(COCCC(=O)OCC)NC(=O)OC(C)(C)C. The lowest BCUT2D eigenvalue weighted by molar-refractivity contribution is -0.145. The standard InChI is InChI=1S/C24H43NO11/c1-7-33-19(26)10-13-30-16-24(25-22(29)36-23(4,5)6,17-31-14-11-20(27)34-8-2)18-32-15-12-21(28)35-9-3/h7-18H2,1-6H3,(H,25,29). The summed E-state index contributed by atoms with van der Waals surface area (Å²) in [6.45, 7) is 10.8. The molecule has 0 aliphatic carbocycles. The topological polar surface area (TPSA) is 145 Å². The Morgan fingerprint density at radius 1 is 0.611 bits per heavy atom. The van der Waals surface area contributed by atoms with E-state index in [1.54, 1.807) is 41.5 Å². The number of rotatable bonds is 19. The van der Waals surface area contributed by atoms with Crippen molar-refractivity contribution in [2.24, 2.45) is 0 Å². The predicted octanol–water partition coefficient (Wildman–Crippen LogP) is 2.16. The molecule has 0 aliphatic heterocycles. The molecule has 0 heterocycles. The van der Waals surface area contributed by atoms with Crippen LogP contribution in [0.25, 0.3) is 0 Å². The van der Waals surface area contributed by atoms with Gasteiger partial charge in [0, 0.05) is 0 Å². The number of esters is 3. The summed E-state index contributed by atoms with van der Waals surface area (Å²) >= 11 is 0. The molecule has 0 bridgehead atoms. The summed E-state index contributed by atoms with van der Waals surface area (Å²) in [6, 6.07) is 0. The van der Waals surface area contributed by atoms with Crippen LogP contribution in [0.15, 0.2) is 0 Å². The number of nitrogens with one attached hydrogen (secondary N) is 1. The number of amides is 1. The molecule has 0 fully saturated rings. The highest BCUT2D eigenvalue weighted by atomic mass is 16.6. The molecule has 0 aromatic heterocycles. The minimum atomic E-state index is -1.25. The molecule has 0 saturated heterocycles. The lowest BCUT2D eigenvalue weighted by atomic mass is 10.0. The van der Waals surface area contributed by atoms with Crippen LogP contribution in [0.2, 0.25) is 0 Å². The second kappa shape index (κ2) is 18.8. The normalized spacial score (nSPS) is 11.5. The van der Waals surface area contributed by atoms with Crippen LogP contribution in [0.1, 0.15) is 60.8 Å². The van der Waals surface area contributed by atoms with Crippen molar-refractivity contribution >= 4 is 24.0 Å². The van der Waals surface area contributed by atoms with Crippen LogP contribution in [-0.4, -0.2) is 94.6 Å². The number of carbonyl (C=O) groups is 4. The van der Waals surface area contributed by atoms with Crippen molar-refractivity contribution in [3.63, 3.8) is 0 Å². The highest BCUT2D eigenvalue weighted by molar-refractivity contribution is 5.70. The highest BCUT2D eigenvalue weighted by Crippen LogP contribution is 2.14. The van der Waals surface area contributed by atoms with Crippen molar-refractivity contribution in [3.05, 3.63) is 0 Å². The van der Waals surface area contributed by atoms with Crippen molar-refractivity contribution in [2.45, 2.75) is 71.9 Å². The third-order valence-electron chi connectivity index (χ3n) is 4.17. The fraction of sp³-hybridized carbons (Fsp3) is 0.833. The van der Waals surface area contributed by atoms with E-state index in [9.17, 15) is 19.2 Å². The largest absolute Gasteiger partial charge is 0.466 e. The van der Waals surface area contributed by atoms with Crippen molar-refractivity contribution in [2.75, 3.05) is 59.5 Å². The van der Waals surface area contributed by atoms with Crippen molar-refractivity contribution in [1.29, 1.82) is 0 Å². The van der Waals surface area contributed by atoms with E-state index >= 15 is 0 Å². The maximum Gasteiger partial charge on any atom is 0.408 e. The summed E-state index contributed by atoms with van der Waals surface area (Å²) in [6.07, 6.45) is -0.684. The lowest BCUT2D eigenvalue weighted by Crippen LogP contribution is -2.59. The van der Waals surface area contributed by atoms with Gasteiger partial charge in [0.15, 0.2) is 0 Å². The van der Waals surface area contributed by atoms with Gasteiger partial charge in [0.05, 0.1) is 78.7 Å². The molecule has 36 heavy (non-hydrogen) atoms. The zero-order chi connectivity index (χ0) is 27.5. The van der Waals surface area contributed by atoms with Crippen molar-refractivity contribution < 1.29 is 52.3 Å². The van der Waals surface area contributed by atoms with Crippen molar-refractivity contribution in [1.82, 2.24) is 5.32 Å². The molecule has 0 radical (unpaired) electrons. The molecule has 1 N–H and O–H groups in total. The van der Waals surface area contributed by atoms with Gasteiger partial charge in [-0.15, -0.1) is 0 Å². The van der Waals surface area contributed by atoms with Gasteiger partial charge in [0.25, 0.3) is 0 Å². The summed E-state index contributed by atoms with van der Waals surface area (Å²) in [4.78, 5) is 47.5. The van der Waals surface area contributed by atoms with E-state index in [1.807, 2.05) is 0 Å². The Morgan fingerprint density at radius 2 is 0.944 bits per heavy atom. The number of alkyl carbamates (subject to hydrolysis) is 1. The molecule has 0 spiro atoms. The van der Waals surface area contributed by atoms with Crippen LogP contribution >= 0.6 is 0 Å². The average Bonchev–Trinajstić information content (AvgIpc) is 2.76. The quantitative estimate of drug-likeness (QED) is 0.152.